The topological polar surface area (TPSA) is 76.8 Å². The normalized spacial score (nSPS) is 12.2. The molecule has 4 N–H and O–H groups in total. The van der Waals surface area contributed by atoms with Gasteiger partial charge >= 0.3 is 6.18 Å². The van der Waals surface area contributed by atoms with E-state index in [1.54, 1.807) is 6.07 Å². The largest absolute Gasteiger partial charge is 0.417 e. The third-order valence-corrected chi connectivity index (χ3v) is 3.23. The predicted molar refractivity (Wildman–Crippen MR) is 70.2 cm³/mol. The molecule has 0 atom stereocenters. The van der Waals surface area contributed by atoms with Crippen molar-refractivity contribution in [1.29, 1.82) is 0 Å². The van der Waals surface area contributed by atoms with E-state index in [1.807, 2.05) is 0 Å². The first-order valence-electron chi connectivity index (χ1n) is 5.08. The van der Waals surface area contributed by atoms with Crippen molar-refractivity contribution in [2.24, 2.45) is 21.7 Å². The van der Waals surface area contributed by atoms with Gasteiger partial charge in [0.05, 0.1) is 11.8 Å². The van der Waals surface area contributed by atoms with Gasteiger partial charge in [-0.05, 0) is 11.6 Å². The lowest BCUT2D eigenvalue weighted by Gasteiger charge is -2.04. The molecule has 1 aromatic carbocycles. The Morgan fingerprint density at radius 2 is 2.00 bits per heavy atom. The van der Waals surface area contributed by atoms with Crippen LogP contribution >= 0.6 is 11.3 Å². The van der Waals surface area contributed by atoms with Crippen LogP contribution in [-0.4, -0.2) is 12.2 Å². The molecule has 4 nitrogen and oxygen atoms in total. The molecule has 0 amide bonds. The Hall–Kier alpha value is -2.09. The Morgan fingerprint density at radius 1 is 1.26 bits per heavy atom. The monoisotopic (exact) mass is 286 g/mol. The summed E-state index contributed by atoms with van der Waals surface area (Å²) in [5.41, 5.74) is 10.2. The summed E-state index contributed by atoms with van der Waals surface area (Å²) in [7, 11) is 0. The molecule has 19 heavy (non-hydrogen) atoms. The quantitative estimate of drug-likeness (QED) is 0.505. The van der Waals surface area contributed by atoms with Gasteiger partial charge < -0.3 is 11.5 Å². The van der Waals surface area contributed by atoms with Gasteiger partial charge in [-0.1, -0.05) is 12.1 Å². The first-order valence-corrected chi connectivity index (χ1v) is 5.96. The predicted octanol–water partition coefficient (Wildman–Crippen LogP) is 2.53. The zero-order valence-corrected chi connectivity index (χ0v) is 10.3. The number of hydrogen-bond donors (Lipinski definition) is 2. The second kappa shape index (κ2) is 4.88. The van der Waals surface area contributed by atoms with Crippen molar-refractivity contribution in [3.63, 3.8) is 0 Å². The van der Waals surface area contributed by atoms with Crippen LogP contribution in [0.15, 0.2) is 33.8 Å². The van der Waals surface area contributed by atoms with Gasteiger partial charge in [-0.2, -0.15) is 18.3 Å². The second-order valence-corrected chi connectivity index (χ2v) is 4.58. The number of halogens is 3. The van der Waals surface area contributed by atoms with Crippen LogP contribution in [0.2, 0.25) is 0 Å². The van der Waals surface area contributed by atoms with Gasteiger partial charge in [0, 0.05) is 15.5 Å². The van der Waals surface area contributed by atoms with Gasteiger partial charge in [0.1, 0.15) is 0 Å². The van der Waals surface area contributed by atoms with Crippen molar-refractivity contribution < 1.29 is 13.2 Å². The van der Waals surface area contributed by atoms with E-state index in [4.69, 9.17) is 11.5 Å². The minimum atomic E-state index is -4.34. The first kappa shape index (κ1) is 13.3. The SMILES string of the molecule is NC(N)=NN=Cc1ccc2c(C(F)(F)F)csc2c1. The zero-order valence-electron chi connectivity index (χ0n) is 9.48. The zero-order chi connectivity index (χ0) is 14.0. The molecule has 0 aliphatic heterocycles. The van der Waals surface area contributed by atoms with E-state index >= 15 is 0 Å². The van der Waals surface area contributed by atoms with Gasteiger partial charge in [0.25, 0.3) is 0 Å². The van der Waals surface area contributed by atoms with E-state index < -0.39 is 11.7 Å². The molecule has 0 fully saturated rings. The minimum Gasteiger partial charge on any atom is -0.369 e. The van der Waals surface area contributed by atoms with Gasteiger partial charge in [0.2, 0.25) is 5.96 Å². The number of fused-ring (bicyclic) bond motifs is 1. The number of nitrogens with two attached hydrogens (primary N) is 2. The van der Waals surface area contributed by atoms with Gasteiger partial charge in [0.15, 0.2) is 0 Å². The van der Waals surface area contributed by atoms with Crippen molar-refractivity contribution in [1.82, 2.24) is 0 Å². The molecule has 0 aliphatic carbocycles. The van der Waals surface area contributed by atoms with Gasteiger partial charge in [-0.15, -0.1) is 16.4 Å². The van der Waals surface area contributed by atoms with E-state index in [2.05, 4.69) is 10.2 Å². The van der Waals surface area contributed by atoms with E-state index in [0.717, 1.165) is 16.7 Å². The number of rotatable bonds is 2. The highest BCUT2D eigenvalue weighted by atomic mass is 32.1. The lowest BCUT2D eigenvalue weighted by Crippen LogP contribution is -2.21. The lowest BCUT2D eigenvalue weighted by molar-refractivity contribution is -0.136. The maximum atomic E-state index is 12.7. The number of guanidine groups is 1. The fourth-order valence-corrected chi connectivity index (χ4v) is 2.52. The van der Waals surface area contributed by atoms with Crippen LogP contribution < -0.4 is 11.5 Å². The maximum absolute atomic E-state index is 12.7. The second-order valence-electron chi connectivity index (χ2n) is 3.67. The minimum absolute atomic E-state index is 0.177. The molecule has 8 heteroatoms. The summed E-state index contributed by atoms with van der Waals surface area (Å²) in [6.45, 7) is 0. The summed E-state index contributed by atoms with van der Waals surface area (Å²) in [5, 5.41) is 8.28. The average molecular weight is 286 g/mol. The van der Waals surface area contributed by atoms with Crippen LogP contribution in [0, 0.1) is 0 Å². The Labute approximate surface area is 110 Å². The van der Waals surface area contributed by atoms with E-state index in [0.29, 0.717) is 10.3 Å². The maximum Gasteiger partial charge on any atom is 0.417 e. The third-order valence-electron chi connectivity index (χ3n) is 2.28. The fraction of sp³-hybridized carbons (Fsp3) is 0.0909. The molecule has 2 rings (SSSR count). The van der Waals surface area contributed by atoms with Crippen LogP contribution in [0.1, 0.15) is 11.1 Å². The Balaban J connectivity index is 2.38. The third kappa shape index (κ3) is 3.02. The summed E-state index contributed by atoms with van der Waals surface area (Å²) in [6, 6.07) is 4.53. The molecule has 0 bridgehead atoms. The number of thiophene rings is 1. The first-order chi connectivity index (χ1) is 8.88. The van der Waals surface area contributed by atoms with Crippen molar-refractivity contribution in [2.75, 3.05) is 0 Å². The number of alkyl halides is 3. The van der Waals surface area contributed by atoms with Crippen LogP contribution in [-0.2, 0) is 6.18 Å². The number of benzene rings is 1. The van der Waals surface area contributed by atoms with Crippen molar-refractivity contribution >= 4 is 33.6 Å². The van der Waals surface area contributed by atoms with Crippen molar-refractivity contribution in [3.8, 4) is 0 Å². The molecule has 0 saturated heterocycles. The molecule has 0 saturated carbocycles. The summed E-state index contributed by atoms with van der Waals surface area (Å²) >= 11 is 1.03. The summed E-state index contributed by atoms with van der Waals surface area (Å²) in [5.74, 6) is -0.187. The molecule has 0 unspecified atom stereocenters. The Kier molecular flexibility index (Phi) is 3.43. The van der Waals surface area contributed by atoms with Crippen molar-refractivity contribution in [3.05, 3.63) is 34.7 Å². The Bertz CT molecular complexity index is 653. The van der Waals surface area contributed by atoms with Crippen LogP contribution in [0.25, 0.3) is 10.1 Å². The van der Waals surface area contributed by atoms with Crippen LogP contribution in [0.5, 0.6) is 0 Å². The fourth-order valence-electron chi connectivity index (χ4n) is 1.51. The molecular formula is C11H9F3N4S. The van der Waals surface area contributed by atoms with E-state index in [9.17, 15) is 13.2 Å². The van der Waals surface area contributed by atoms with E-state index in [1.165, 1.54) is 18.3 Å². The van der Waals surface area contributed by atoms with Crippen molar-refractivity contribution in [2.45, 2.75) is 6.18 Å². The highest BCUT2D eigenvalue weighted by Gasteiger charge is 2.33. The summed E-state index contributed by atoms with van der Waals surface area (Å²) in [6.07, 6.45) is -2.97. The molecular weight excluding hydrogens is 277 g/mol. The average Bonchev–Trinajstić information content (AvgIpc) is 2.71. The molecule has 0 radical (unpaired) electrons. The van der Waals surface area contributed by atoms with E-state index in [-0.39, 0.29) is 11.3 Å². The number of nitrogens with zero attached hydrogens (tertiary/aromatic N) is 2. The standard InChI is InChI=1S/C11H9F3N4S/c12-11(13,14)8-5-19-9-3-6(1-2-7(8)9)4-17-18-10(15)16/h1-5H,(H4,15,16,18). The smallest absolute Gasteiger partial charge is 0.369 e. The molecule has 1 heterocycles. The summed E-state index contributed by atoms with van der Waals surface area (Å²) in [4.78, 5) is 0. The molecule has 0 spiro atoms. The highest BCUT2D eigenvalue weighted by Crippen LogP contribution is 2.38. The number of hydrogen-bond acceptors (Lipinski definition) is 3. The summed E-state index contributed by atoms with van der Waals surface area (Å²) < 4.78 is 38.6. The van der Waals surface area contributed by atoms with Gasteiger partial charge in [-0.3, -0.25) is 0 Å². The lowest BCUT2D eigenvalue weighted by atomic mass is 10.1. The highest BCUT2D eigenvalue weighted by molar-refractivity contribution is 7.17. The Morgan fingerprint density at radius 3 is 2.63 bits per heavy atom. The van der Waals surface area contributed by atoms with Gasteiger partial charge in [-0.25, -0.2) is 0 Å². The van der Waals surface area contributed by atoms with Crippen LogP contribution in [0.4, 0.5) is 13.2 Å². The molecule has 1 aromatic heterocycles. The van der Waals surface area contributed by atoms with Crippen LogP contribution in [0.3, 0.4) is 0 Å². The molecule has 100 valence electrons. The molecule has 2 aromatic rings. The molecule has 0 aliphatic rings.